The molecule has 0 fully saturated rings. The molecule has 1 heterocycles. The first-order valence-electron chi connectivity index (χ1n) is 8.72. The van der Waals surface area contributed by atoms with Crippen molar-refractivity contribution in [2.24, 2.45) is 0 Å². The van der Waals surface area contributed by atoms with E-state index in [1.165, 1.54) is 6.92 Å². The summed E-state index contributed by atoms with van der Waals surface area (Å²) < 4.78 is 7.31. The molecule has 0 saturated carbocycles. The first-order valence-corrected chi connectivity index (χ1v) is 8.72. The Morgan fingerprint density at radius 1 is 1.00 bits per heavy atom. The summed E-state index contributed by atoms with van der Waals surface area (Å²) in [6.45, 7) is 4.29. The Morgan fingerprint density at radius 2 is 1.64 bits per heavy atom. The lowest BCUT2D eigenvalue weighted by atomic mass is 10.2. The minimum atomic E-state index is -0.242. The van der Waals surface area contributed by atoms with E-state index in [0.29, 0.717) is 35.1 Å². The van der Waals surface area contributed by atoms with Gasteiger partial charge in [-0.1, -0.05) is 0 Å². The van der Waals surface area contributed by atoms with Crippen LogP contribution in [0.4, 0.5) is 11.4 Å². The molecule has 0 radical (unpaired) electrons. The second-order valence-electron chi connectivity index (χ2n) is 5.94. The van der Waals surface area contributed by atoms with Crippen molar-refractivity contribution in [3.8, 4) is 5.75 Å². The van der Waals surface area contributed by atoms with E-state index in [4.69, 9.17) is 4.74 Å². The SMILES string of the molecule is CCn1nnnc1COc1ccc(C(=O)Nc2ccc(NC(C)=O)cc2)cc1. The fourth-order valence-corrected chi connectivity index (χ4v) is 2.47. The molecule has 0 aliphatic heterocycles. The number of nitrogens with zero attached hydrogens (tertiary/aromatic N) is 4. The molecule has 0 unspecified atom stereocenters. The van der Waals surface area contributed by atoms with Crippen molar-refractivity contribution in [1.82, 2.24) is 20.2 Å². The van der Waals surface area contributed by atoms with Crippen LogP contribution >= 0.6 is 0 Å². The van der Waals surface area contributed by atoms with E-state index in [9.17, 15) is 9.59 Å². The van der Waals surface area contributed by atoms with E-state index < -0.39 is 0 Å². The van der Waals surface area contributed by atoms with Crippen LogP contribution in [0.3, 0.4) is 0 Å². The number of amides is 2. The van der Waals surface area contributed by atoms with Gasteiger partial charge in [0.15, 0.2) is 5.82 Å². The molecule has 0 atom stereocenters. The third kappa shape index (κ3) is 4.91. The van der Waals surface area contributed by atoms with Gasteiger partial charge in [0, 0.05) is 30.4 Å². The number of anilines is 2. The smallest absolute Gasteiger partial charge is 0.255 e. The molecule has 3 rings (SSSR count). The number of rotatable bonds is 7. The van der Waals surface area contributed by atoms with Crippen LogP contribution in [0.1, 0.15) is 30.0 Å². The maximum Gasteiger partial charge on any atom is 0.255 e. The molecule has 9 nitrogen and oxygen atoms in total. The summed E-state index contributed by atoms with van der Waals surface area (Å²) in [7, 11) is 0. The molecule has 1 aromatic heterocycles. The fourth-order valence-electron chi connectivity index (χ4n) is 2.47. The van der Waals surface area contributed by atoms with Crippen LogP contribution in [-0.2, 0) is 17.9 Å². The van der Waals surface area contributed by atoms with Gasteiger partial charge in [-0.2, -0.15) is 0 Å². The number of hydrogen-bond acceptors (Lipinski definition) is 6. The van der Waals surface area contributed by atoms with E-state index in [2.05, 4.69) is 26.2 Å². The zero-order valence-electron chi connectivity index (χ0n) is 15.5. The molecule has 2 N–H and O–H groups in total. The highest BCUT2D eigenvalue weighted by Gasteiger charge is 2.08. The van der Waals surface area contributed by atoms with Crippen LogP contribution in [0.2, 0.25) is 0 Å². The molecule has 3 aromatic rings. The quantitative estimate of drug-likeness (QED) is 0.651. The number of tetrazole rings is 1. The molecule has 28 heavy (non-hydrogen) atoms. The lowest BCUT2D eigenvalue weighted by Gasteiger charge is -2.09. The number of aryl methyl sites for hydroxylation is 1. The molecule has 0 aliphatic carbocycles. The van der Waals surface area contributed by atoms with Gasteiger partial charge in [0.2, 0.25) is 5.91 Å². The number of aromatic nitrogens is 4. The average molecular weight is 380 g/mol. The van der Waals surface area contributed by atoms with E-state index >= 15 is 0 Å². The largest absolute Gasteiger partial charge is 0.486 e. The van der Waals surface area contributed by atoms with Gasteiger partial charge in [0.1, 0.15) is 12.4 Å². The summed E-state index contributed by atoms with van der Waals surface area (Å²) in [6, 6.07) is 13.7. The third-order valence-electron chi connectivity index (χ3n) is 3.85. The Labute approximate surface area is 161 Å². The van der Waals surface area contributed by atoms with Crippen molar-refractivity contribution in [3.63, 3.8) is 0 Å². The number of ether oxygens (including phenoxy) is 1. The van der Waals surface area contributed by atoms with Crippen molar-refractivity contribution < 1.29 is 14.3 Å². The Kier molecular flexibility index (Phi) is 5.95. The zero-order chi connectivity index (χ0) is 19.9. The molecule has 2 amide bonds. The normalized spacial score (nSPS) is 10.4. The highest BCUT2D eigenvalue weighted by atomic mass is 16.5. The minimum Gasteiger partial charge on any atom is -0.486 e. The van der Waals surface area contributed by atoms with Gasteiger partial charge in [-0.3, -0.25) is 9.59 Å². The number of nitrogens with one attached hydrogen (secondary N) is 2. The predicted molar refractivity (Wildman–Crippen MR) is 103 cm³/mol. The highest BCUT2D eigenvalue weighted by molar-refractivity contribution is 6.04. The molecule has 9 heteroatoms. The molecule has 0 aliphatic rings. The highest BCUT2D eigenvalue weighted by Crippen LogP contribution is 2.17. The van der Waals surface area contributed by atoms with Crippen molar-refractivity contribution in [3.05, 3.63) is 59.9 Å². The maximum absolute atomic E-state index is 12.4. The topological polar surface area (TPSA) is 111 Å². The van der Waals surface area contributed by atoms with Crippen molar-refractivity contribution in [2.45, 2.75) is 27.0 Å². The van der Waals surface area contributed by atoms with Crippen molar-refractivity contribution in [2.75, 3.05) is 10.6 Å². The van der Waals surface area contributed by atoms with Crippen LogP contribution in [0.15, 0.2) is 48.5 Å². The Bertz CT molecular complexity index is 951. The zero-order valence-corrected chi connectivity index (χ0v) is 15.5. The summed E-state index contributed by atoms with van der Waals surface area (Å²) in [4.78, 5) is 23.4. The van der Waals surface area contributed by atoms with Gasteiger partial charge in [-0.05, 0) is 65.9 Å². The van der Waals surface area contributed by atoms with E-state index in [1.54, 1.807) is 53.2 Å². The minimum absolute atomic E-state index is 0.148. The second-order valence-corrected chi connectivity index (χ2v) is 5.94. The van der Waals surface area contributed by atoms with Crippen molar-refractivity contribution in [1.29, 1.82) is 0 Å². The van der Waals surface area contributed by atoms with E-state index in [-0.39, 0.29) is 18.4 Å². The van der Waals surface area contributed by atoms with Crippen LogP contribution < -0.4 is 15.4 Å². The van der Waals surface area contributed by atoms with Gasteiger partial charge < -0.3 is 15.4 Å². The first kappa shape index (κ1) is 19.0. The van der Waals surface area contributed by atoms with Gasteiger partial charge >= 0.3 is 0 Å². The van der Waals surface area contributed by atoms with Crippen LogP contribution in [0, 0.1) is 0 Å². The lowest BCUT2D eigenvalue weighted by Crippen LogP contribution is -2.12. The molecular weight excluding hydrogens is 360 g/mol. The standard InChI is InChI=1S/C19H20N6O3/c1-3-25-18(22-23-24-25)12-28-17-10-4-14(5-11-17)19(27)21-16-8-6-15(7-9-16)20-13(2)26/h4-11H,3,12H2,1-2H3,(H,20,26)(H,21,27). The number of carbonyl (C=O) groups is 2. The molecule has 0 saturated heterocycles. The Balaban J connectivity index is 1.56. The van der Waals surface area contributed by atoms with Gasteiger partial charge in [-0.25, -0.2) is 4.68 Å². The van der Waals surface area contributed by atoms with Crippen LogP contribution in [0.25, 0.3) is 0 Å². The van der Waals surface area contributed by atoms with E-state index in [1.807, 2.05) is 6.92 Å². The van der Waals surface area contributed by atoms with Crippen LogP contribution in [-0.4, -0.2) is 32.0 Å². The monoisotopic (exact) mass is 380 g/mol. The summed E-state index contributed by atoms with van der Waals surface area (Å²) >= 11 is 0. The summed E-state index contributed by atoms with van der Waals surface area (Å²) in [5, 5.41) is 16.8. The summed E-state index contributed by atoms with van der Waals surface area (Å²) in [6.07, 6.45) is 0. The van der Waals surface area contributed by atoms with Crippen molar-refractivity contribution >= 4 is 23.2 Å². The summed E-state index contributed by atoms with van der Waals surface area (Å²) in [5.74, 6) is 0.855. The third-order valence-corrected chi connectivity index (χ3v) is 3.85. The molecule has 0 bridgehead atoms. The number of carbonyl (C=O) groups excluding carboxylic acids is 2. The fraction of sp³-hybridized carbons (Fsp3) is 0.211. The Hall–Kier alpha value is -3.75. The number of benzene rings is 2. The van der Waals surface area contributed by atoms with Gasteiger partial charge in [0.05, 0.1) is 0 Å². The second kappa shape index (κ2) is 8.76. The molecule has 2 aromatic carbocycles. The molecule has 0 spiro atoms. The maximum atomic E-state index is 12.4. The molecule has 144 valence electrons. The molecular formula is C19H20N6O3. The van der Waals surface area contributed by atoms with Gasteiger partial charge in [-0.15, -0.1) is 5.10 Å². The summed E-state index contributed by atoms with van der Waals surface area (Å²) in [5.41, 5.74) is 1.80. The van der Waals surface area contributed by atoms with Crippen LogP contribution in [0.5, 0.6) is 5.75 Å². The number of hydrogen-bond donors (Lipinski definition) is 2. The van der Waals surface area contributed by atoms with E-state index in [0.717, 1.165) is 0 Å². The predicted octanol–water partition coefficient (Wildman–Crippen LogP) is 2.48. The van der Waals surface area contributed by atoms with Gasteiger partial charge in [0.25, 0.3) is 5.91 Å². The lowest BCUT2D eigenvalue weighted by molar-refractivity contribution is -0.114. The average Bonchev–Trinajstić information content (AvgIpc) is 3.15. The first-order chi connectivity index (χ1) is 13.5. The Morgan fingerprint density at radius 3 is 2.25 bits per heavy atom.